The van der Waals surface area contributed by atoms with Crippen LogP contribution in [0, 0.1) is 0 Å². The maximum Gasteiger partial charge on any atom is 0.0544 e. The van der Waals surface area contributed by atoms with E-state index in [1.807, 2.05) is 0 Å². The molecule has 2 aliphatic heterocycles. The first-order valence-corrected chi connectivity index (χ1v) is 24.6. The smallest absolute Gasteiger partial charge is 0.0544 e. The predicted molar refractivity (Wildman–Crippen MR) is 297 cm³/mol. The van der Waals surface area contributed by atoms with Crippen molar-refractivity contribution >= 4 is 55.7 Å². The minimum atomic E-state index is -0.179. The maximum atomic E-state index is 2.54. The van der Waals surface area contributed by atoms with E-state index in [4.69, 9.17) is 0 Å². The van der Waals surface area contributed by atoms with Crippen molar-refractivity contribution < 1.29 is 0 Å². The second-order valence-corrected chi connectivity index (χ2v) is 20.1. The second kappa shape index (κ2) is 16.1. The van der Waals surface area contributed by atoms with Crippen molar-refractivity contribution in [2.75, 3.05) is 9.80 Å². The lowest BCUT2D eigenvalue weighted by Gasteiger charge is -2.49. The van der Waals surface area contributed by atoms with E-state index in [9.17, 15) is 0 Å². The Morgan fingerprint density at radius 3 is 1.30 bits per heavy atom. The molecular weight excluding hydrogens is 845 g/mol. The molecule has 0 radical (unpaired) electrons. The molecular formula is C68H52N2. The summed E-state index contributed by atoms with van der Waals surface area (Å²) in [5.74, 6) is 0. The standard InChI is InChI=1S/C68H52N2/c1-67(2)59-24-12-14-26-64(59)70-65-27-15-13-25-60(65)68(3,4)62-44-51(43-61(67)66(62)70)47-29-31-49(32-30-47)54-41-42-55(58-23-11-10-22-57(54)58)50-35-39-53(40-36-50)69(63-28-16-20-48-19-8-9-21-56(48)63)52-37-33-46(34-38-52)45-17-6-5-7-18-45/h5-44H,1-4H3. The van der Waals surface area contributed by atoms with Gasteiger partial charge in [0.2, 0.25) is 0 Å². The molecule has 0 saturated heterocycles. The third-order valence-corrected chi connectivity index (χ3v) is 15.4. The third-order valence-electron chi connectivity index (χ3n) is 15.4. The SMILES string of the molecule is CC1(C)c2ccccc2N2c3ccccc3C(C)(C)c3cc(-c4ccc(-c5ccc(-c6ccc(N(c7ccc(-c8ccccc8)cc7)c7cccc8ccccc78)cc6)c6ccccc56)cc4)cc1c32. The van der Waals surface area contributed by atoms with Crippen molar-refractivity contribution in [1.29, 1.82) is 0 Å². The predicted octanol–water partition coefficient (Wildman–Crippen LogP) is 18.9. The van der Waals surface area contributed by atoms with E-state index in [-0.39, 0.29) is 10.8 Å². The number of hydrogen-bond donors (Lipinski definition) is 0. The van der Waals surface area contributed by atoms with Crippen molar-refractivity contribution in [1.82, 2.24) is 0 Å². The highest BCUT2D eigenvalue weighted by atomic mass is 15.2. The van der Waals surface area contributed by atoms with Crippen LogP contribution < -0.4 is 9.80 Å². The van der Waals surface area contributed by atoms with Gasteiger partial charge in [0, 0.05) is 27.6 Å². The van der Waals surface area contributed by atoms with E-state index < -0.39 is 0 Å². The van der Waals surface area contributed by atoms with Gasteiger partial charge < -0.3 is 9.80 Å². The van der Waals surface area contributed by atoms with Crippen LogP contribution in [0.5, 0.6) is 0 Å². The quantitative estimate of drug-likeness (QED) is 0.157. The van der Waals surface area contributed by atoms with Crippen LogP contribution in [0.3, 0.4) is 0 Å². The molecule has 0 fully saturated rings. The average molecular weight is 897 g/mol. The molecule has 70 heavy (non-hydrogen) atoms. The lowest BCUT2D eigenvalue weighted by Crippen LogP contribution is -2.38. The molecule has 0 aromatic heterocycles. The van der Waals surface area contributed by atoms with Gasteiger partial charge in [-0.05, 0) is 138 Å². The van der Waals surface area contributed by atoms with Gasteiger partial charge in [-0.3, -0.25) is 0 Å². The highest BCUT2D eigenvalue weighted by Gasteiger charge is 2.45. The Morgan fingerprint density at radius 1 is 0.314 bits per heavy atom. The summed E-state index contributed by atoms with van der Waals surface area (Å²) in [7, 11) is 0. The molecule has 0 N–H and O–H groups in total. The van der Waals surface area contributed by atoms with E-state index in [2.05, 4.69) is 280 Å². The van der Waals surface area contributed by atoms with Crippen molar-refractivity contribution in [3.8, 4) is 44.5 Å². The summed E-state index contributed by atoms with van der Waals surface area (Å²) in [4.78, 5) is 4.93. The van der Waals surface area contributed by atoms with E-state index >= 15 is 0 Å². The summed E-state index contributed by atoms with van der Waals surface area (Å²) in [6.45, 7) is 9.59. The van der Waals surface area contributed by atoms with Crippen LogP contribution in [-0.4, -0.2) is 0 Å². The molecule has 11 aromatic carbocycles. The van der Waals surface area contributed by atoms with Gasteiger partial charge in [0.25, 0.3) is 0 Å². The number of hydrogen-bond acceptors (Lipinski definition) is 2. The highest BCUT2D eigenvalue weighted by molar-refractivity contribution is 6.06. The van der Waals surface area contributed by atoms with Crippen LogP contribution in [0.1, 0.15) is 49.9 Å². The van der Waals surface area contributed by atoms with Gasteiger partial charge in [-0.25, -0.2) is 0 Å². The van der Waals surface area contributed by atoms with Crippen LogP contribution in [0.15, 0.2) is 243 Å². The lowest BCUT2D eigenvalue weighted by molar-refractivity contribution is 0.598. The third kappa shape index (κ3) is 6.55. The molecule has 0 atom stereocenters. The number of benzene rings is 11. The zero-order valence-corrected chi connectivity index (χ0v) is 40.0. The number of para-hydroxylation sites is 2. The molecule has 2 heteroatoms. The molecule has 2 aliphatic rings. The first-order valence-electron chi connectivity index (χ1n) is 24.6. The van der Waals surface area contributed by atoms with Gasteiger partial charge in [0.1, 0.15) is 0 Å². The lowest BCUT2D eigenvalue weighted by atomic mass is 9.65. The highest BCUT2D eigenvalue weighted by Crippen LogP contribution is 2.60. The molecule has 13 rings (SSSR count). The fraction of sp³-hybridized carbons (Fsp3) is 0.0882. The fourth-order valence-corrected chi connectivity index (χ4v) is 11.7. The van der Waals surface area contributed by atoms with Crippen LogP contribution in [0.4, 0.5) is 34.1 Å². The Labute approximate surface area is 411 Å². The summed E-state index contributed by atoms with van der Waals surface area (Å²) < 4.78 is 0. The molecule has 0 spiro atoms. The number of fused-ring (bicyclic) bond motifs is 6. The second-order valence-electron chi connectivity index (χ2n) is 20.1. The average Bonchev–Trinajstić information content (AvgIpc) is 3.41. The summed E-state index contributed by atoms with van der Waals surface area (Å²) >= 11 is 0. The largest absolute Gasteiger partial charge is 0.310 e. The molecule has 334 valence electrons. The Balaban J connectivity index is 0.857. The first kappa shape index (κ1) is 41.7. The van der Waals surface area contributed by atoms with Gasteiger partial charge in [0.05, 0.1) is 22.7 Å². The maximum absolute atomic E-state index is 2.54. The van der Waals surface area contributed by atoms with Crippen LogP contribution in [0.25, 0.3) is 66.1 Å². The van der Waals surface area contributed by atoms with E-state index in [1.54, 1.807) is 0 Å². The number of nitrogens with zero attached hydrogens (tertiary/aromatic N) is 2. The van der Waals surface area contributed by atoms with Crippen molar-refractivity contribution in [2.24, 2.45) is 0 Å². The number of anilines is 6. The van der Waals surface area contributed by atoms with E-state index in [0.717, 1.165) is 17.1 Å². The van der Waals surface area contributed by atoms with E-state index in [0.29, 0.717) is 0 Å². The first-order chi connectivity index (χ1) is 34.2. The molecule has 2 heterocycles. The van der Waals surface area contributed by atoms with Gasteiger partial charge >= 0.3 is 0 Å². The van der Waals surface area contributed by atoms with Gasteiger partial charge in [-0.1, -0.05) is 216 Å². The molecule has 0 aliphatic carbocycles. The number of rotatable bonds is 7. The summed E-state index contributed by atoms with van der Waals surface area (Å²) in [5.41, 5.74) is 22.1. The topological polar surface area (TPSA) is 6.48 Å². The minimum absolute atomic E-state index is 0.179. The molecule has 11 aromatic rings. The van der Waals surface area contributed by atoms with Crippen LogP contribution >= 0.6 is 0 Å². The molecule has 0 saturated carbocycles. The van der Waals surface area contributed by atoms with Crippen molar-refractivity contribution in [3.05, 3.63) is 265 Å². The zero-order chi connectivity index (χ0) is 47.1. The summed E-state index contributed by atoms with van der Waals surface area (Å²) in [6.07, 6.45) is 0. The summed E-state index contributed by atoms with van der Waals surface area (Å²) in [6, 6.07) is 89.6. The van der Waals surface area contributed by atoms with E-state index in [1.165, 1.54) is 105 Å². The Hall–Kier alpha value is -8.46. The molecule has 0 amide bonds. The summed E-state index contributed by atoms with van der Waals surface area (Å²) in [5, 5.41) is 4.91. The Bertz CT molecular complexity index is 3720. The van der Waals surface area contributed by atoms with Crippen molar-refractivity contribution in [2.45, 2.75) is 38.5 Å². The van der Waals surface area contributed by atoms with Crippen LogP contribution in [0.2, 0.25) is 0 Å². The Kier molecular flexibility index (Phi) is 9.58. The molecule has 0 unspecified atom stereocenters. The fourth-order valence-electron chi connectivity index (χ4n) is 11.7. The van der Waals surface area contributed by atoms with Crippen LogP contribution in [-0.2, 0) is 10.8 Å². The van der Waals surface area contributed by atoms with Gasteiger partial charge in [-0.15, -0.1) is 0 Å². The molecule has 0 bridgehead atoms. The monoisotopic (exact) mass is 896 g/mol. The Morgan fingerprint density at radius 2 is 0.729 bits per heavy atom. The van der Waals surface area contributed by atoms with Gasteiger partial charge in [0.15, 0.2) is 0 Å². The van der Waals surface area contributed by atoms with Crippen molar-refractivity contribution in [3.63, 3.8) is 0 Å². The minimum Gasteiger partial charge on any atom is -0.310 e. The van der Waals surface area contributed by atoms with Gasteiger partial charge in [-0.2, -0.15) is 0 Å². The normalized spacial score (nSPS) is 13.9. The molecule has 2 nitrogen and oxygen atoms in total. The zero-order valence-electron chi connectivity index (χ0n) is 40.0.